The van der Waals surface area contributed by atoms with E-state index in [0.717, 1.165) is 203 Å². The molecule has 0 bridgehead atoms. The monoisotopic (exact) mass is 1280 g/mol. The van der Waals surface area contributed by atoms with E-state index >= 15 is 0 Å². The first-order valence-corrected chi connectivity index (χ1v) is 32.8. The number of ether oxygens (including phenoxy) is 6. The molecule has 0 radical (unpaired) electrons. The zero-order valence-electron chi connectivity index (χ0n) is 55.0. The summed E-state index contributed by atoms with van der Waals surface area (Å²) in [6, 6.07) is 11.6. The van der Waals surface area contributed by atoms with E-state index in [-0.39, 0.29) is 6.10 Å². The summed E-state index contributed by atoms with van der Waals surface area (Å²) in [5.74, 6) is 6.42. The van der Waals surface area contributed by atoms with Crippen LogP contribution in [0.4, 0.5) is 67.1 Å². The second-order valence-electron chi connectivity index (χ2n) is 23.9. The third-order valence-corrected chi connectivity index (χ3v) is 16.7. The van der Waals surface area contributed by atoms with Crippen LogP contribution in [0.25, 0.3) is 33.8 Å². The molecule has 0 aliphatic carbocycles. The van der Waals surface area contributed by atoms with Crippen LogP contribution < -0.4 is 45.3 Å². The fourth-order valence-corrected chi connectivity index (χ4v) is 11.7. The van der Waals surface area contributed by atoms with E-state index in [2.05, 4.69) is 65.0 Å². The highest BCUT2D eigenvalue weighted by molar-refractivity contribution is 5.85. The largest absolute Gasteiger partial charge is 0.453 e. The van der Waals surface area contributed by atoms with Crippen LogP contribution in [0.15, 0.2) is 55.0 Å². The predicted octanol–water partition coefficient (Wildman–Crippen LogP) is 9.73. The SMILES string of the molecule is CCOC(=O)Nc1cc(C)c(-c2cc(N3CCOCC3)nc(N3CCCCC3)n2)cn1.COC(=O)Nc1cc(C)c(-c2cc(N3CCOCC3)nc(N3CCCCC3)n2)cn1.Cc1cc(NC(=O)OC(C)C)ncc1-c1cc(N2CCOCC2)nc(N2CCCCC2)n1. The number of aryl methyl sites for hydroxylation is 3. The first-order valence-electron chi connectivity index (χ1n) is 32.8. The Balaban J connectivity index is 0.000000153. The summed E-state index contributed by atoms with van der Waals surface area (Å²) in [5.41, 5.74) is 8.17. The van der Waals surface area contributed by atoms with Crippen molar-refractivity contribution in [3.8, 4) is 33.8 Å². The van der Waals surface area contributed by atoms with Crippen LogP contribution in [0.1, 0.15) is 95.2 Å². The molecule has 0 spiro atoms. The molecule has 6 aromatic rings. The van der Waals surface area contributed by atoms with Crippen molar-refractivity contribution in [1.29, 1.82) is 0 Å². The van der Waals surface area contributed by atoms with E-state index in [4.69, 9.17) is 53.6 Å². The van der Waals surface area contributed by atoms with E-state index in [0.29, 0.717) is 63.7 Å². The standard InChI is InChI=1S/C23H32N6O3.C22H30N6O3.C21H28N6O3/c1-16(2)32-23(30)26-20-13-17(3)18(15-24-20)19-14-21(28-9-11-31-12-10-28)27-22(25-19)29-7-5-4-6-8-29;1-3-31-22(29)25-19-13-16(2)17(15-23-19)18-14-20(27-9-11-30-12-10-27)26-21(24-18)28-7-5-4-6-8-28;1-15-12-18(24-21(28)29-2)22-14-16(15)17-13-19(26-8-10-30-11-9-26)25-20(23-17)27-6-4-3-5-7-27/h13-16H,4-12H2,1-3H3,(H,24,26,30);13-15H,3-12H2,1-2H3,(H,23,25,29);12-14H,3-11H2,1-2H3,(H,22,24,28). The maximum Gasteiger partial charge on any atom is 0.413 e. The van der Waals surface area contributed by atoms with Gasteiger partial charge in [0.2, 0.25) is 17.8 Å². The molecule has 498 valence electrons. The van der Waals surface area contributed by atoms with Gasteiger partial charge in [-0.1, -0.05) is 0 Å². The van der Waals surface area contributed by atoms with Crippen molar-refractivity contribution in [1.82, 2.24) is 44.9 Å². The number of hydrogen-bond acceptors (Lipinski definition) is 24. The Kier molecular flexibility index (Phi) is 23.9. The average Bonchev–Trinajstić information content (AvgIpc) is 0.845. The predicted molar refractivity (Wildman–Crippen MR) is 359 cm³/mol. The second kappa shape index (κ2) is 33.1. The summed E-state index contributed by atoms with van der Waals surface area (Å²) in [7, 11) is 1.33. The smallest absolute Gasteiger partial charge is 0.413 e. The molecular formula is C66H90N18O9. The van der Waals surface area contributed by atoms with Gasteiger partial charge in [0, 0.05) is 132 Å². The fraction of sp³-hybridized carbons (Fsp3) is 0.545. The van der Waals surface area contributed by atoms with Gasteiger partial charge in [-0.25, -0.2) is 44.3 Å². The number of rotatable bonds is 14. The molecule has 12 rings (SSSR count). The van der Waals surface area contributed by atoms with Gasteiger partial charge in [-0.15, -0.1) is 0 Å². The van der Waals surface area contributed by atoms with Gasteiger partial charge in [0.15, 0.2) is 0 Å². The number of piperidine rings is 3. The van der Waals surface area contributed by atoms with Crippen LogP contribution in [0.2, 0.25) is 0 Å². The maximum atomic E-state index is 11.9. The number of carbonyl (C=O) groups is 3. The number of anilines is 9. The number of nitrogens with zero attached hydrogens (tertiary/aromatic N) is 15. The van der Waals surface area contributed by atoms with Gasteiger partial charge in [0.1, 0.15) is 34.9 Å². The molecule has 3 amide bonds. The van der Waals surface area contributed by atoms with Crippen molar-refractivity contribution in [3.63, 3.8) is 0 Å². The lowest BCUT2D eigenvalue weighted by Crippen LogP contribution is -2.37. The van der Waals surface area contributed by atoms with Crippen LogP contribution in [0.3, 0.4) is 0 Å². The molecule has 3 N–H and O–H groups in total. The highest BCUT2D eigenvalue weighted by Gasteiger charge is 2.25. The minimum atomic E-state index is -0.543. The molecule has 27 heteroatoms. The number of hydrogen-bond donors (Lipinski definition) is 3. The molecule has 12 heterocycles. The van der Waals surface area contributed by atoms with Gasteiger partial charge in [0.25, 0.3) is 0 Å². The van der Waals surface area contributed by atoms with Gasteiger partial charge < -0.3 is 57.8 Å². The Morgan fingerprint density at radius 3 is 1.03 bits per heavy atom. The zero-order chi connectivity index (χ0) is 65.1. The molecule has 27 nitrogen and oxygen atoms in total. The van der Waals surface area contributed by atoms with Gasteiger partial charge in [-0.05, 0) is 134 Å². The van der Waals surface area contributed by atoms with E-state index in [1.165, 1.54) is 26.4 Å². The van der Waals surface area contributed by atoms with E-state index in [9.17, 15) is 14.4 Å². The van der Waals surface area contributed by atoms with Gasteiger partial charge in [-0.3, -0.25) is 16.0 Å². The minimum Gasteiger partial charge on any atom is -0.453 e. The first kappa shape index (κ1) is 67.1. The van der Waals surface area contributed by atoms with Crippen molar-refractivity contribution in [2.24, 2.45) is 0 Å². The third-order valence-electron chi connectivity index (χ3n) is 16.7. The van der Waals surface area contributed by atoms with Crippen LogP contribution in [-0.2, 0) is 28.4 Å². The first-order chi connectivity index (χ1) is 45.3. The third kappa shape index (κ3) is 18.7. The van der Waals surface area contributed by atoms with Crippen LogP contribution in [0, 0.1) is 20.8 Å². The van der Waals surface area contributed by atoms with E-state index < -0.39 is 18.3 Å². The highest BCUT2D eigenvalue weighted by Crippen LogP contribution is 2.33. The fourth-order valence-electron chi connectivity index (χ4n) is 11.7. The lowest BCUT2D eigenvalue weighted by Gasteiger charge is -2.31. The summed E-state index contributed by atoms with van der Waals surface area (Å²) < 4.78 is 31.3. The average molecular weight is 1280 g/mol. The molecule has 0 unspecified atom stereocenters. The molecule has 0 saturated carbocycles. The number of morpholine rings is 3. The maximum absolute atomic E-state index is 11.9. The summed E-state index contributed by atoms with van der Waals surface area (Å²) in [5, 5.41) is 7.94. The number of amides is 3. The van der Waals surface area contributed by atoms with Crippen molar-refractivity contribution < 1.29 is 42.8 Å². The molecule has 0 aromatic carbocycles. The molecule has 6 saturated heterocycles. The Morgan fingerprint density at radius 1 is 0.430 bits per heavy atom. The molecular weight excluding hydrogens is 1190 g/mol. The van der Waals surface area contributed by atoms with Crippen LogP contribution >= 0.6 is 0 Å². The van der Waals surface area contributed by atoms with Crippen molar-refractivity contribution >= 4 is 71.0 Å². The lowest BCUT2D eigenvalue weighted by molar-refractivity contribution is 0.122. The van der Waals surface area contributed by atoms with Crippen LogP contribution in [0.5, 0.6) is 0 Å². The zero-order valence-corrected chi connectivity index (χ0v) is 55.0. The van der Waals surface area contributed by atoms with E-state index in [1.807, 2.05) is 71.0 Å². The van der Waals surface area contributed by atoms with Gasteiger partial charge >= 0.3 is 18.3 Å². The normalized spacial score (nSPS) is 16.9. The van der Waals surface area contributed by atoms with E-state index in [1.54, 1.807) is 25.5 Å². The Hall–Kier alpha value is -8.82. The van der Waals surface area contributed by atoms with Crippen molar-refractivity contribution in [3.05, 3.63) is 71.7 Å². The Bertz CT molecular complexity index is 3350. The van der Waals surface area contributed by atoms with Gasteiger partial charge in [0.05, 0.1) is 76.5 Å². The van der Waals surface area contributed by atoms with Crippen LogP contribution in [-0.4, -0.2) is 201 Å². The quantitative estimate of drug-likeness (QED) is 0.0855. The Morgan fingerprint density at radius 2 is 0.742 bits per heavy atom. The summed E-state index contributed by atoms with van der Waals surface area (Å²) >= 11 is 0. The highest BCUT2D eigenvalue weighted by atomic mass is 16.6. The van der Waals surface area contributed by atoms with Crippen molar-refractivity contribution in [2.45, 2.75) is 105 Å². The number of nitrogens with one attached hydrogen (secondary N) is 3. The molecule has 6 aliphatic rings. The van der Waals surface area contributed by atoms with Crippen molar-refractivity contribution in [2.75, 3.05) is 177 Å². The molecule has 93 heavy (non-hydrogen) atoms. The number of pyridine rings is 3. The second-order valence-corrected chi connectivity index (χ2v) is 23.9. The molecule has 6 aliphatic heterocycles. The minimum absolute atomic E-state index is 0.191. The number of aromatic nitrogens is 9. The number of carbonyl (C=O) groups excluding carboxylic acids is 3. The topological polar surface area (TPSA) is 278 Å². The molecule has 6 fully saturated rings. The Labute approximate surface area is 544 Å². The summed E-state index contributed by atoms with van der Waals surface area (Å²) in [4.78, 5) is 91.3. The summed E-state index contributed by atoms with van der Waals surface area (Å²) in [6.45, 7) is 26.6. The molecule has 0 atom stereocenters. The lowest BCUT2D eigenvalue weighted by atomic mass is 10.1. The van der Waals surface area contributed by atoms with Gasteiger partial charge in [-0.2, -0.15) is 15.0 Å². The summed E-state index contributed by atoms with van der Waals surface area (Å²) in [6.07, 6.45) is 14.2. The molecule has 6 aromatic heterocycles. The number of methoxy groups -OCH3 is 1.